The van der Waals surface area contributed by atoms with Crippen LogP contribution in [-0.2, 0) is 0 Å². The molecule has 0 aliphatic carbocycles. The molecule has 0 atom stereocenters. The van der Waals surface area contributed by atoms with Crippen molar-refractivity contribution in [2.24, 2.45) is 0 Å². The Morgan fingerprint density at radius 2 is 1.53 bits per heavy atom. The van der Waals surface area contributed by atoms with Gasteiger partial charge in [-0.05, 0) is 29.7 Å². The zero-order valence-electron chi connectivity index (χ0n) is 16.8. The van der Waals surface area contributed by atoms with Crippen LogP contribution in [-0.4, -0.2) is 25.4 Å². The maximum absolute atomic E-state index is 6.15. The van der Waals surface area contributed by atoms with E-state index in [0.29, 0.717) is 5.02 Å². The third-order valence-corrected chi connectivity index (χ3v) is 5.81. The van der Waals surface area contributed by atoms with Gasteiger partial charge in [-0.1, -0.05) is 66.2 Å². The summed E-state index contributed by atoms with van der Waals surface area (Å²) < 4.78 is 0. The van der Waals surface area contributed by atoms with Crippen molar-refractivity contribution in [3.8, 4) is 33.9 Å². The predicted molar refractivity (Wildman–Crippen MR) is 128 cm³/mol. The Morgan fingerprint density at radius 3 is 2.41 bits per heavy atom. The van der Waals surface area contributed by atoms with Crippen molar-refractivity contribution in [3.63, 3.8) is 0 Å². The Morgan fingerprint density at radius 1 is 0.719 bits per heavy atom. The minimum absolute atomic E-state index is 0.673. The number of hydrogen-bond donors (Lipinski definition) is 1. The molecule has 0 aliphatic heterocycles. The van der Waals surface area contributed by atoms with Crippen molar-refractivity contribution in [1.82, 2.24) is 25.4 Å². The topological polar surface area (TPSA) is 67.3 Å². The van der Waals surface area contributed by atoms with Crippen LogP contribution in [0.4, 0.5) is 0 Å². The molecule has 0 unspecified atom stereocenters. The molecule has 6 rings (SSSR count). The standard InChI is InChI=1S/C26H16ClN5/c27-18-7-3-5-16(13-18)23-14-24(30-29-23)26-22-9-2-1-8-21(22)25(31-32-26)20-10-4-6-17-15-28-12-11-19(17)20/h1-15H,(H,29,30). The largest absolute Gasteiger partial charge is 0.276 e. The van der Waals surface area contributed by atoms with E-state index >= 15 is 0 Å². The summed E-state index contributed by atoms with van der Waals surface area (Å²) in [5.74, 6) is 0. The van der Waals surface area contributed by atoms with Gasteiger partial charge in [-0.3, -0.25) is 10.1 Å². The summed E-state index contributed by atoms with van der Waals surface area (Å²) in [5, 5.41) is 21.7. The van der Waals surface area contributed by atoms with Gasteiger partial charge in [-0.15, -0.1) is 10.2 Å². The van der Waals surface area contributed by atoms with Crippen LogP contribution in [0.5, 0.6) is 0 Å². The highest BCUT2D eigenvalue weighted by atomic mass is 35.5. The van der Waals surface area contributed by atoms with E-state index in [9.17, 15) is 0 Å². The molecule has 3 aromatic heterocycles. The zero-order chi connectivity index (χ0) is 21.5. The van der Waals surface area contributed by atoms with Crippen LogP contribution in [0.25, 0.3) is 55.4 Å². The molecule has 0 saturated heterocycles. The number of pyridine rings is 1. The molecule has 0 radical (unpaired) electrons. The molecule has 6 heteroatoms. The molecule has 3 aromatic carbocycles. The molecule has 3 heterocycles. The molecule has 0 saturated carbocycles. The Labute approximate surface area is 188 Å². The summed E-state index contributed by atoms with van der Waals surface area (Å²) >= 11 is 6.15. The normalized spacial score (nSPS) is 11.3. The quantitative estimate of drug-likeness (QED) is 0.343. The summed E-state index contributed by atoms with van der Waals surface area (Å²) in [6, 6.07) is 26.0. The van der Waals surface area contributed by atoms with E-state index in [0.717, 1.165) is 55.4 Å². The minimum Gasteiger partial charge on any atom is -0.276 e. The number of nitrogens with one attached hydrogen (secondary N) is 1. The Balaban J connectivity index is 1.53. The van der Waals surface area contributed by atoms with Crippen molar-refractivity contribution in [2.75, 3.05) is 0 Å². The zero-order valence-corrected chi connectivity index (χ0v) is 17.6. The monoisotopic (exact) mass is 433 g/mol. The molecule has 32 heavy (non-hydrogen) atoms. The van der Waals surface area contributed by atoms with E-state index in [1.807, 2.05) is 60.8 Å². The van der Waals surface area contributed by atoms with Crippen LogP contribution in [0.3, 0.4) is 0 Å². The summed E-state index contributed by atoms with van der Waals surface area (Å²) in [5.41, 5.74) is 5.18. The molecule has 1 N–H and O–H groups in total. The van der Waals surface area contributed by atoms with Gasteiger partial charge in [0.2, 0.25) is 0 Å². The second-order valence-corrected chi connectivity index (χ2v) is 7.96. The van der Waals surface area contributed by atoms with Crippen molar-refractivity contribution >= 4 is 33.1 Å². The number of fused-ring (bicyclic) bond motifs is 2. The van der Waals surface area contributed by atoms with Gasteiger partial charge in [0.25, 0.3) is 0 Å². The third-order valence-electron chi connectivity index (χ3n) is 5.58. The van der Waals surface area contributed by atoms with Crippen LogP contribution < -0.4 is 0 Å². The maximum Gasteiger partial charge on any atom is 0.119 e. The highest BCUT2D eigenvalue weighted by Crippen LogP contribution is 2.35. The van der Waals surface area contributed by atoms with E-state index in [4.69, 9.17) is 11.6 Å². The number of benzene rings is 3. The Kier molecular flexibility index (Phi) is 4.40. The van der Waals surface area contributed by atoms with Gasteiger partial charge < -0.3 is 0 Å². The first-order valence-electron chi connectivity index (χ1n) is 10.2. The first-order chi connectivity index (χ1) is 15.8. The second kappa shape index (κ2) is 7.55. The fraction of sp³-hybridized carbons (Fsp3) is 0. The number of aromatic nitrogens is 5. The molecule has 0 spiro atoms. The average molecular weight is 434 g/mol. The smallest absolute Gasteiger partial charge is 0.119 e. The number of hydrogen-bond acceptors (Lipinski definition) is 4. The van der Waals surface area contributed by atoms with Gasteiger partial charge in [-0.2, -0.15) is 5.10 Å². The number of aromatic amines is 1. The lowest BCUT2D eigenvalue weighted by Gasteiger charge is -2.10. The van der Waals surface area contributed by atoms with Crippen molar-refractivity contribution in [3.05, 3.63) is 96.3 Å². The van der Waals surface area contributed by atoms with Gasteiger partial charge in [-0.25, -0.2) is 0 Å². The van der Waals surface area contributed by atoms with E-state index in [-0.39, 0.29) is 0 Å². The fourth-order valence-electron chi connectivity index (χ4n) is 4.07. The Hall–Kier alpha value is -4.09. The molecule has 5 nitrogen and oxygen atoms in total. The molecular formula is C26H16ClN5. The minimum atomic E-state index is 0.673. The molecule has 0 amide bonds. The van der Waals surface area contributed by atoms with E-state index in [1.54, 1.807) is 6.20 Å². The lowest BCUT2D eigenvalue weighted by Crippen LogP contribution is -1.95. The summed E-state index contributed by atoms with van der Waals surface area (Å²) in [4.78, 5) is 4.24. The maximum atomic E-state index is 6.15. The average Bonchev–Trinajstić information content (AvgIpc) is 3.33. The number of halogens is 1. The Bertz CT molecular complexity index is 1600. The molecule has 152 valence electrons. The highest BCUT2D eigenvalue weighted by Gasteiger charge is 2.16. The third kappa shape index (κ3) is 3.11. The van der Waals surface area contributed by atoms with Crippen LogP contribution in [0.1, 0.15) is 0 Å². The van der Waals surface area contributed by atoms with Gasteiger partial charge in [0.05, 0.1) is 11.4 Å². The number of H-pyrrole nitrogens is 1. The first kappa shape index (κ1) is 18.7. The van der Waals surface area contributed by atoms with Crippen molar-refractivity contribution < 1.29 is 0 Å². The van der Waals surface area contributed by atoms with Gasteiger partial charge >= 0.3 is 0 Å². The van der Waals surface area contributed by atoms with E-state index in [2.05, 4.69) is 49.6 Å². The second-order valence-electron chi connectivity index (χ2n) is 7.52. The lowest BCUT2D eigenvalue weighted by molar-refractivity contribution is 1.04. The molecule has 0 fully saturated rings. The first-order valence-corrected chi connectivity index (χ1v) is 10.6. The lowest BCUT2D eigenvalue weighted by atomic mass is 9.98. The summed E-state index contributed by atoms with van der Waals surface area (Å²) in [6.45, 7) is 0. The molecule has 6 aromatic rings. The van der Waals surface area contributed by atoms with Crippen LogP contribution in [0, 0.1) is 0 Å². The fourth-order valence-corrected chi connectivity index (χ4v) is 4.26. The summed E-state index contributed by atoms with van der Waals surface area (Å²) in [6.07, 6.45) is 3.67. The van der Waals surface area contributed by atoms with Crippen molar-refractivity contribution in [1.29, 1.82) is 0 Å². The van der Waals surface area contributed by atoms with Crippen LogP contribution >= 0.6 is 11.6 Å². The van der Waals surface area contributed by atoms with Gasteiger partial charge in [0.15, 0.2) is 0 Å². The van der Waals surface area contributed by atoms with Gasteiger partial charge in [0, 0.05) is 44.7 Å². The van der Waals surface area contributed by atoms with Crippen LogP contribution in [0.15, 0.2) is 91.3 Å². The van der Waals surface area contributed by atoms with Crippen LogP contribution in [0.2, 0.25) is 5.02 Å². The van der Waals surface area contributed by atoms with E-state index < -0.39 is 0 Å². The number of nitrogens with zero attached hydrogens (tertiary/aromatic N) is 4. The molecule has 0 aliphatic rings. The summed E-state index contributed by atoms with van der Waals surface area (Å²) in [7, 11) is 0. The van der Waals surface area contributed by atoms with E-state index in [1.165, 1.54) is 0 Å². The SMILES string of the molecule is Clc1cccc(-c2cc(-c3nnc(-c4cccc5cnccc45)c4ccccc34)[nH]n2)c1. The van der Waals surface area contributed by atoms with Crippen molar-refractivity contribution in [2.45, 2.75) is 0 Å². The molecular weight excluding hydrogens is 418 g/mol. The van der Waals surface area contributed by atoms with Gasteiger partial charge in [0.1, 0.15) is 11.4 Å². The number of rotatable bonds is 3. The molecule has 0 bridgehead atoms. The highest BCUT2D eigenvalue weighted by molar-refractivity contribution is 6.30. The predicted octanol–water partition coefficient (Wildman–Crippen LogP) is 6.56.